The van der Waals surface area contributed by atoms with Gasteiger partial charge in [-0.2, -0.15) is 0 Å². The number of para-hydroxylation sites is 1. The highest BCUT2D eigenvalue weighted by Gasteiger charge is 2.19. The molecule has 25 heavy (non-hydrogen) atoms. The van der Waals surface area contributed by atoms with Gasteiger partial charge >= 0.3 is 0 Å². The fourth-order valence-electron chi connectivity index (χ4n) is 2.20. The van der Waals surface area contributed by atoms with Crippen LogP contribution in [-0.4, -0.2) is 41.8 Å². The van der Waals surface area contributed by atoms with Gasteiger partial charge in [-0.1, -0.05) is 12.1 Å². The van der Waals surface area contributed by atoms with E-state index in [2.05, 4.69) is 5.32 Å². The molecule has 0 atom stereocenters. The van der Waals surface area contributed by atoms with Crippen LogP contribution in [0.1, 0.15) is 10.4 Å². The van der Waals surface area contributed by atoms with Gasteiger partial charge in [0.15, 0.2) is 0 Å². The highest BCUT2D eigenvalue weighted by molar-refractivity contribution is 7.92. The van der Waals surface area contributed by atoms with Crippen LogP contribution in [0.5, 0.6) is 11.5 Å². The van der Waals surface area contributed by atoms with Crippen LogP contribution < -0.4 is 19.1 Å². The highest BCUT2D eigenvalue weighted by Crippen LogP contribution is 2.27. The van der Waals surface area contributed by atoms with E-state index in [4.69, 9.17) is 9.47 Å². The number of ether oxygens (including phenoxy) is 2. The molecule has 8 heteroatoms. The molecule has 1 N–H and O–H groups in total. The Morgan fingerprint density at radius 1 is 1.04 bits per heavy atom. The minimum Gasteiger partial charge on any atom is -0.497 e. The lowest BCUT2D eigenvalue weighted by atomic mass is 10.1. The van der Waals surface area contributed by atoms with Gasteiger partial charge in [-0.05, 0) is 12.1 Å². The van der Waals surface area contributed by atoms with Crippen molar-refractivity contribution in [3.8, 4) is 11.5 Å². The van der Waals surface area contributed by atoms with Crippen molar-refractivity contribution in [1.82, 2.24) is 0 Å². The van der Waals surface area contributed by atoms with Crippen molar-refractivity contribution in [3.05, 3.63) is 48.0 Å². The van der Waals surface area contributed by atoms with Crippen molar-refractivity contribution in [2.24, 2.45) is 0 Å². The number of carbonyl (C=O) groups is 1. The Balaban J connectivity index is 2.37. The number of sulfonamides is 1. The summed E-state index contributed by atoms with van der Waals surface area (Å²) in [6, 6.07) is 11.4. The van der Waals surface area contributed by atoms with Gasteiger partial charge in [0, 0.05) is 30.9 Å². The largest absolute Gasteiger partial charge is 0.497 e. The molecule has 134 valence electrons. The van der Waals surface area contributed by atoms with Crippen LogP contribution in [0.15, 0.2) is 42.5 Å². The van der Waals surface area contributed by atoms with Gasteiger partial charge in [0.2, 0.25) is 10.0 Å². The number of methoxy groups -OCH3 is 2. The average Bonchev–Trinajstić information content (AvgIpc) is 2.59. The van der Waals surface area contributed by atoms with Crippen molar-refractivity contribution in [3.63, 3.8) is 0 Å². The van der Waals surface area contributed by atoms with Crippen LogP contribution in [0.3, 0.4) is 0 Å². The van der Waals surface area contributed by atoms with Crippen molar-refractivity contribution < 1.29 is 22.7 Å². The molecular weight excluding hydrogens is 344 g/mol. The van der Waals surface area contributed by atoms with Crippen LogP contribution in [0.4, 0.5) is 11.4 Å². The monoisotopic (exact) mass is 364 g/mol. The number of benzene rings is 2. The Morgan fingerprint density at radius 2 is 1.60 bits per heavy atom. The molecule has 0 spiro atoms. The minimum atomic E-state index is -3.49. The SMILES string of the molecule is COc1cc(NC(=O)c2ccccc2N(C)S(C)(=O)=O)cc(OC)c1. The van der Waals surface area contributed by atoms with Gasteiger partial charge in [-0.3, -0.25) is 9.10 Å². The number of nitrogens with one attached hydrogen (secondary N) is 1. The summed E-state index contributed by atoms with van der Waals surface area (Å²) in [4.78, 5) is 12.7. The number of carbonyl (C=O) groups excluding carboxylic acids is 1. The second kappa shape index (κ2) is 7.43. The summed E-state index contributed by atoms with van der Waals surface area (Å²) in [5, 5.41) is 2.73. The van der Waals surface area contributed by atoms with E-state index in [-0.39, 0.29) is 11.3 Å². The van der Waals surface area contributed by atoms with Gasteiger partial charge in [-0.15, -0.1) is 0 Å². The normalized spacial score (nSPS) is 10.9. The zero-order valence-corrected chi connectivity index (χ0v) is 15.3. The molecule has 0 aliphatic carbocycles. The van der Waals surface area contributed by atoms with Gasteiger partial charge in [-0.25, -0.2) is 8.42 Å². The summed E-state index contributed by atoms with van der Waals surface area (Å²) >= 11 is 0. The summed E-state index contributed by atoms with van der Waals surface area (Å²) < 4.78 is 35.0. The maximum absolute atomic E-state index is 12.7. The first-order valence-corrected chi connectivity index (χ1v) is 9.18. The lowest BCUT2D eigenvalue weighted by molar-refractivity contribution is 0.102. The molecule has 0 unspecified atom stereocenters. The van der Waals surface area contributed by atoms with Crippen LogP contribution >= 0.6 is 0 Å². The molecule has 0 aliphatic heterocycles. The van der Waals surface area contributed by atoms with Crippen molar-refractivity contribution >= 4 is 27.3 Å². The highest BCUT2D eigenvalue weighted by atomic mass is 32.2. The summed E-state index contributed by atoms with van der Waals surface area (Å²) in [5.41, 5.74) is 0.993. The summed E-state index contributed by atoms with van der Waals surface area (Å²) in [6.07, 6.45) is 1.08. The number of anilines is 2. The van der Waals surface area contributed by atoms with Gasteiger partial charge in [0.25, 0.3) is 5.91 Å². The van der Waals surface area contributed by atoms with E-state index in [1.54, 1.807) is 42.5 Å². The smallest absolute Gasteiger partial charge is 0.257 e. The van der Waals surface area contributed by atoms with Crippen LogP contribution in [0.25, 0.3) is 0 Å². The van der Waals surface area contributed by atoms with E-state index in [0.717, 1.165) is 10.6 Å². The Labute approximate surface area is 147 Å². The number of nitrogens with zero attached hydrogens (tertiary/aromatic N) is 1. The molecule has 2 aromatic carbocycles. The van der Waals surface area contributed by atoms with E-state index in [9.17, 15) is 13.2 Å². The summed E-state index contributed by atoms with van der Waals surface area (Å²) in [6.45, 7) is 0. The molecule has 0 saturated heterocycles. The fraction of sp³-hybridized carbons (Fsp3) is 0.235. The number of hydrogen-bond acceptors (Lipinski definition) is 5. The fourth-order valence-corrected chi connectivity index (χ4v) is 2.71. The molecule has 0 radical (unpaired) electrons. The molecule has 0 aliphatic rings. The lowest BCUT2D eigenvalue weighted by Gasteiger charge is -2.20. The topological polar surface area (TPSA) is 84.9 Å². The molecule has 0 aromatic heterocycles. The molecule has 0 saturated carbocycles. The van der Waals surface area contributed by atoms with Gasteiger partial charge in [0.05, 0.1) is 31.7 Å². The van der Waals surface area contributed by atoms with E-state index >= 15 is 0 Å². The molecule has 0 fully saturated rings. The predicted octanol–water partition coefficient (Wildman–Crippen LogP) is 2.35. The average molecular weight is 364 g/mol. The van der Waals surface area contributed by atoms with E-state index in [0.29, 0.717) is 17.2 Å². The third-order valence-electron chi connectivity index (χ3n) is 3.59. The molecule has 2 aromatic rings. The van der Waals surface area contributed by atoms with Crippen LogP contribution in [0, 0.1) is 0 Å². The Kier molecular flexibility index (Phi) is 5.53. The summed E-state index contributed by atoms with van der Waals surface area (Å²) in [7, 11) is 0.927. The first-order chi connectivity index (χ1) is 11.8. The Hall–Kier alpha value is -2.74. The second-order valence-electron chi connectivity index (χ2n) is 5.30. The van der Waals surface area contributed by atoms with Crippen LogP contribution in [0.2, 0.25) is 0 Å². The molecule has 1 amide bonds. The standard InChI is InChI=1S/C17H20N2O5S/c1-19(25(4,21)22)16-8-6-5-7-15(16)17(20)18-12-9-13(23-2)11-14(10-12)24-3/h5-11H,1-4H3,(H,18,20). The molecule has 0 heterocycles. The zero-order chi connectivity index (χ0) is 18.6. The molecular formula is C17H20N2O5S. The lowest BCUT2D eigenvalue weighted by Crippen LogP contribution is -2.27. The van der Waals surface area contributed by atoms with Gasteiger partial charge in [0.1, 0.15) is 11.5 Å². The van der Waals surface area contributed by atoms with Crippen molar-refractivity contribution in [1.29, 1.82) is 0 Å². The number of hydrogen-bond donors (Lipinski definition) is 1. The number of amides is 1. The second-order valence-corrected chi connectivity index (χ2v) is 7.32. The zero-order valence-electron chi connectivity index (χ0n) is 14.4. The van der Waals surface area contributed by atoms with Crippen molar-refractivity contribution in [2.75, 3.05) is 37.1 Å². The molecule has 2 rings (SSSR count). The van der Waals surface area contributed by atoms with Crippen LogP contribution in [-0.2, 0) is 10.0 Å². The Morgan fingerprint density at radius 3 is 2.12 bits per heavy atom. The first-order valence-electron chi connectivity index (χ1n) is 7.33. The van der Waals surface area contributed by atoms with E-state index in [1.807, 2.05) is 0 Å². The first kappa shape index (κ1) is 18.6. The third kappa shape index (κ3) is 4.42. The predicted molar refractivity (Wildman–Crippen MR) is 97.2 cm³/mol. The molecule has 0 bridgehead atoms. The maximum Gasteiger partial charge on any atom is 0.257 e. The third-order valence-corrected chi connectivity index (χ3v) is 4.79. The van der Waals surface area contributed by atoms with E-state index < -0.39 is 15.9 Å². The number of rotatable bonds is 6. The summed E-state index contributed by atoms with van der Waals surface area (Å²) in [5.74, 6) is 0.605. The quantitative estimate of drug-likeness (QED) is 0.850. The van der Waals surface area contributed by atoms with Gasteiger partial charge < -0.3 is 14.8 Å². The minimum absolute atomic E-state index is 0.234. The van der Waals surface area contributed by atoms with E-state index in [1.165, 1.54) is 21.3 Å². The maximum atomic E-state index is 12.7. The van der Waals surface area contributed by atoms with Crippen molar-refractivity contribution in [2.45, 2.75) is 0 Å². The Bertz CT molecular complexity index is 858. The molecule has 7 nitrogen and oxygen atoms in total.